The maximum atomic E-state index is 14.0. The lowest BCUT2D eigenvalue weighted by Gasteiger charge is -2.36. The maximum Gasteiger partial charge on any atom is 0.451 e. The molecular weight excluding hydrogens is 732 g/mol. The smallest absolute Gasteiger partial charge is 0.356 e. The molecule has 3 aliphatic rings. The number of fused-ring (bicyclic) bond motifs is 1. The van der Waals surface area contributed by atoms with Crippen molar-refractivity contribution in [2.24, 2.45) is 5.92 Å². The second-order valence-corrected chi connectivity index (χ2v) is 15.0. The van der Waals surface area contributed by atoms with E-state index in [0.717, 1.165) is 17.0 Å². The van der Waals surface area contributed by atoms with Gasteiger partial charge in [-0.25, -0.2) is 18.4 Å². The van der Waals surface area contributed by atoms with E-state index in [0.29, 0.717) is 24.9 Å². The molecule has 2 saturated heterocycles. The van der Waals surface area contributed by atoms with E-state index in [9.17, 15) is 49.1 Å². The molecule has 0 radical (unpaired) electrons. The summed E-state index contributed by atoms with van der Waals surface area (Å²) in [4.78, 5) is 49.8. The molecule has 0 saturated carbocycles. The molecule has 0 bridgehead atoms. The zero-order chi connectivity index (χ0) is 38.1. The summed E-state index contributed by atoms with van der Waals surface area (Å²) in [5.41, 5.74) is 0.212. The molecule has 1 N–H and O–H groups in total. The molecule has 2 aromatic carbocycles. The Morgan fingerprint density at radius 3 is 2.00 bits per heavy atom. The van der Waals surface area contributed by atoms with Gasteiger partial charge in [0, 0.05) is 58.4 Å². The number of hydrogen-bond donors (Lipinski definition) is 1. The molecule has 3 aromatic rings. The van der Waals surface area contributed by atoms with Crippen LogP contribution in [0, 0.1) is 5.92 Å². The first-order valence-electron chi connectivity index (χ1n) is 16.8. The average Bonchev–Trinajstić information content (AvgIpc) is 3.38. The van der Waals surface area contributed by atoms with Crippen LogP contribution < -0.4 is 15.1 Å². The lowest BCUT2D eigenvalue weighted by molar-refractivity contribution is -0.145. The summed E-state index contributed by atoms with van der Waals surface area (Å²) in [6.45, 7) is 0.0381. The SMILES string of the molecule is O=C(NCCc1ccc(C(F)(F)F)cc1)C1CCCN(c2cc(N3CCN(S(=O)(=O)CCN4C(=O)c5ccccc5C4=O)CC3)nc(C(F)(F)F)n2)C1. The van der Waals surface area contributed by atoms with Crippen LogP contribution in [0.4, 0.5) is 38.0 Å². The molecule has 1 aromatic heterocycles. The van der Waals surface area contributed by atoms with E-state index in [1.54, 1.807) is 17.0 Å². The van der Waals surface area contributed by atoms with Crippen LogP contribution in [0.1, 0.15) is 50.5 Å². The van der Waals surface area contributed by atoms with Gasteiger partial charge in [0.15, 0.2) is 0 Å². The summed E-state index contributed by atoms with van der Waals surface area (Å²) >= 11 is 0. The molecule has 1 unspecified atom stereocenters. The maximum absolute atomic E-state index is 14.0. The van der Waals surface area contributed by atoms with Gasteiger partial charge >= 0.3 is 12.4 Å². The van der Waals surface area contributed by atoms with Gasteiger partial charge in [-0.3, -0.25) is 19.3 Å². The van der Waals surface area contributed by atoms with Crippen LogP contribution >= 0.6 is 0 Å². The number of sulfonamides is 1. The number of piperazine rings is 1. The highest BCUT2D eigenvalue weighted by Gasteiger charge is 2.39. The number of carbonyl (C=O) groups excluding carboxylic acids is 3. The molecule has 53 heavy (non-hydrogen) atoms. The summed E-state index contributed by atoms with van der Waals surface area (Å²) in [6.07, 6.45) is -8.12. The second kappa shape index (κ2) is 14.9. The van der Waals surface area contributed by atoms with Gasteiger partial charge in [-0.2, -0.15) is 30.6 Å². The number of piperidine rings is 1. The van der Waals surface area contributed by atoms with Gasteiger partial charge in [-0.1, -0.05) is 24.3 Å². The van der Waals surface area contributed by atoms with Gasteiger partial charge in [0.05, 0.1) is 28.4 Å². The Kier molecular flexibility index (Phi) is 10.7. The largest absolute Gasteiger partial charge is 0.451 e. The third-order valence-corrected chi connectivity index (χ3v) is 11.3. The Bertz CT molecular complexity index is 1930. The van der Waals surface area contributed by atoms with Crippen molar-refractivity contribution in [2.45, 2.75) is 31.6 Å². The fraction of sp³-hybridized carbons (Fsp3) is 0.441. The Hall–Kier alpha value is -4.78. The Morgan fingerprint density at radius 2 is 1.42 bits per heavy atom. The van der Waals surface area contributed by atoms with E-state index in [1.165, 1.54) is 39.5 Å². The van der Waals surface area contributed by atoms with Crippen molar-refractivity contribution in [2.75, 3.05) is 67.9 Å². The van der Waals surface area contributed by atoms with Crippen molar-refractivity contribution in [1.29, 1.82) is 0 Å². The van der Waals surface area contributed by atoms with Crippen LogP contribution in [0.5, 0.6) is 0 Å². The fourth-order valence-corrected chi connectivity index (χ4v) is 7.97. The molecule has 1 atom stereocenters. The molecule has 3 aliphatic heterocycles. The predicted octanol–water partition coefficient (Wildman–Crippen LogP) is 3.84. The Labute approximate surface area is 300 Å². The van der Waals surface area contributed by atoms with E-state index in [-0.39, 0.29) is 80.9 Å². The Balaban J connectivity index is 1.06. The van der Waals surface area contributed by atoms with E-state index in [4.69, 9.17) is 0 Å². The normalized spacial score (nSPS) is 18.8. The predicted molar refractivity (Wildman–Crippen MR) is 180 cm³/mol. The minimum absolute atomic E-state index is 0.00393. The minimum Gasteiger partial charge on any atom is -0.356 e. The third-order valence-electron chi connectivity index (χ3n) is 9.47. The number of benzene rings is 2. The van der Waals surface area contributed by atoms with E-state index in [1.807, 2.05) is 0 Å². The number of alkyl halides is 6. The van der Waals surface area contributed by atoms with Crippen molar-refractivity contribution in [3.05, 3.63) is 82.7 Å². The zero-order valence-electron chi connectivity index (χ0n) is 28.2. The monoisotopic (exact) mass is 767 g/mol. The molecule has 0 aliphatic carbocycles. The summed E-state index contributed by atoms with van der Waals surface area (Å²) in [6, 6.07) is 12.2. The first kappa shape index (κ1) is 38.0. The van der Waals surface area contributed by atoms with Crippen LogP contribution in [0.15, 0.2) is 54.6 Å². The molecular formula is C34H35F6N7O5S. The standard InChI is InChI=1S/C34H35F6N7O5S/c35-33(36,37)24-9-7-22(8-10-24)11-12-41-29(48)23-4-3-13-45(21-23)28-20-27(42-32(43-28)34(38,39)40)44-14-16-46(17-15-44)53(51,52)19-18-47-30(49)25-5-1-2-6-26(25)31(47)50/h1-2,5-10,20,23H,3-4,11-19,21H2,(H,41,48). The summed E-state index contributed by atoms with van der Waals surface area (Å²) in [5, 5.41) is 2.77. The highest BCUT2D eigenvalue weighted by atomic mass is 32.2. The molecule has 284 valence electrons. The number of aromatic nitrogens is 2. The topological polar surface area (TPSA) is 136 Å². The van der Waals surface area contributed by atoms with Crippen molar-refractivity contribution in [3.63, 3.8) is 0 Å². The van der Waals surface area contributed by atoms with Crippen LogP contribution in [-0.4, -0.2) is 103 Å². The number of anilines is 2. The van der Waals surface area contributed by atoms with Crippen LogP contribution in [0.25, 0.3) is 0 Å². The van der Waals surface area contributed by atoms with Crippen molar-refractivity contribution in [3.8, 4) is 0 Å². The average molecular weight is 768 g/mol. The first-order valence-corrected chi connectivity index (χ1v) is 18.5. The van der Waals surface area contributed by atoms with Gasteiger partial charge < -0.3 is 15.1 Å². The zero-order valence-corrected chi connectivity index (χ0v) is 29.0. The van der Waals surface area contributed by atoms with Gasteiger partial charge in [0.25, 0.3) is 11.8 Å². The van der Waals surface area contributed by atoms with Gasteiger partial charge in [-0.15, -0.1) is 0 Å². The molecule has 12 nitrogen and oxygen atoms in total. The summed E-state index contributed by atoms with van der Waals surface area (Å²) in [7, 11) is -3.95. The molecule has 19 heteroatoms. The van der Waals surface area contributed by atoms with Crippen molar-refractivity contribution in [1.82, 2.24) is 24.5 Å². The van der Waals surface area contributed by atoms with Crippen LogP contribution in [0.2, 0.25) is 0 Å². The van der Waals surface area contributed by atoms with Gasteiger partial charge in [-0.05, 0) is 49.1 Å². The lowest BCUT2D eigenvalue weighted by atomic mass is 9.97. The fourth-order valence-electron chi connectivity index (χ4n) is 6.58. The number of nitrogens with one attached hydrogen (secondary N) is 1. The molecule has 0 spiro atoms. The molecule has 6 rings (SSSR count). The first-order chi connectivity index (χ1) is 25.0. The molecule has 3 amide bonds. The lowest BCUT2D eigenvalue weighted by Crippen LogP contribution is -2.50. The number of nitrogens with zero attached hydrogens (tertiary/aromatic N) is 6. The number of amides is 3. The van der Waals surface area contributed by atoms with Gasteiger partial charge in [0.2, 0.25) is 21.8 Å². The third kappa shape index (κ3) is 8.56. The number of halogens is 6. The second-order valence-electron chi connectivity index (χ2n) is 12.9. The van der Waals surface area contributed by atoms with E-state index >= 15 is 0 Å². The number of carbonyl (C=O) groups is 3. The number of rotatable bonds is 10. The molecule has 2 fully saturated rings. The highest BCUT2D eigenvalue weighted by Crippen LogP contribution is 2.33. The quantitative estimate of drug-likeness (QED) is 0.241. The number of imide groups is 1. The number of hydrogen-bond acceptors (Lipinski definition) is 9. The van der Waals surface area contributed by atoms with Crippen molar-refractivity contribution >= 4 is 39.4 Å². The van der Waals surface area contributed by atoms with E-state index < -0.39 is 57.2 Å². The summed E-state index contributed by atoms with van der Waals surface area (Å²) < 4.78 is 108. The molecule has 4 heterocycles. The van der Waals surface area contributed by atoms with Crippen LogP contribution in [0.3, 0.4) is 0 Å². The Morgan fingerprint density at radius 1 is 0.811 bits per heavy atom. The highest BCUT2D eigenvalue weighted by molar-refractivity contribution is 7.89. The van der Waals surface area contributed by atoms with E-state index in [2.05, 4.69) is 15.3 Å². The van der Waals surface area contributed by atoms with Crippen molar-refractivity contribution < 1.29 is 49.1 Å². The van der Waals surface area contributed by atoms with Gasteiger partial charge in [0.1, 0.15) is 11.6 Å². The summed E-state index contributed by atoms with van der Waals surface area (Å²) in [5.74, 6) is -4.10. The van der Waals surface area contributed by atoms with Crippen LogP contribution in [-0.2, 0) is 33.6 Å². The minimum atomic E-state index is -4.90.